The van der Waals surface area contributed by atoms with Crippen LogP contribution in [0.15, 0.2) is 72.2 Å². The van der Waals surface area contributed by atoms with Crippen molar-refractivity contribution in [3.05, 3.63) is 94.5 Å². The number of aryl methyl sites for hydroxylation is 2. The third-order valence-electron chi connectivity index (χ3n) is 4.43. The van der Waals surface area contributed by atoms with Crippen LogP contribution in [0.2, 0.25) is 0 Å². The highest BCUT2D eigenvalue weighted by atomic mass is 19.3. The molecule has 1 aliphatic rings. The van der Waals surface area contributed by atoms with Crippen LogP contribution >= 0.6 is 0 Å². The van der Waals surface area contributed by atoms with E-state index in [0.717, 1.165) is 23.3 Å². The molecular formula is C22H20F4O2. The molecule has 0 saturated carbocycles. The number of hydrogen-bond donors (Lipinski definition) is 0. The Kier molecular flexibility index (Phi) is 5.49. The molecule has 2 aromatic carbocycles. The topological polar surface area (TPSA) is 18.5 Å². The lowest BCUT2D eigenvalue weighted by molar-refractivity contribution is -0.206. The van der Waals surface area contributed by atoms with E-state index in [4.69, 9.17) is 9.47 Å². The molecule has 2 aromatic rings. The van der Waals surface area contributed by atoms with Crippen molar-refractivity contribution < 1.29 is 27.0 Å². The van der Waals surface area contributed by atoms with Gasteiger partial charge in [-0.25, -0.2) is 0 Å². The van der Waals surface area contributed by atoms with Crippen LogP contribution in [0.3, 0.4) is 0 Å². The summed E-state index contributed by atoms with van der Waals surface area (Å²) in [6.45, 7) is 3.30. The van der Waals surface area contributed by atoms with Crippen molar-refractivity contribution in [3.63, 3.8) is 0 Å². The second kappa shape index (κ2) is 7.70. The summed E-state index contributed by atoms with van der Waals surface area (Å²) >= 11 is 0. The highest BCUT2D eigenvalue weighted by molar-refractivity contribution is 5.33. The standard InChI is InChI=1S/C22H20F4O2/c1-15-3-7-17(8-4-15)13-27-19-11-12-20(22(25,26)21(19,23)24)28-14-18-9-5-16(2)6-10-18/h3-12H,13-14H2,1-2H3. The molecule has 28 heavy (non-hydrogen) atoms. The molecule has 0 bridgehead atoms. The number of alkyl halides is 4. The molecule has 0 saturated heterocycles. The lowest BCUT2D eigenvalue weighted by Crippen LogP contribution is -2.46. The summed E-state index contributed by atoms with van der Waals surface area (Å²) in [4.78, 5) is 0. The summed E-state index contributed by atoms with van der Waals surface area (Å²) in [5.74, 6) is -11.2. The minimum absolute atomic E-state index is 0.231. The van der Waals surface area contributed by atoms with Gasteiger partial charge < -0.3 is 9.47 Å². The van der Waals surface area contributed by atoms with E-state index < -0.39 is 23.4 Å². The third kappa shape index (κ3) is 4.06. The van der Waals surface area contributed by atoms with E-state index >= 15 is 0 Å². The normalized spacial score (nSPS) is 17.5. The van der Waals surface area contributed by atoms with Gasteiger partial charge in [0.15, 0.2) is 11.5 Å². The molecule has 148 valence electrons. The average molecular weight is 392 g/mol. The van der Waals surface area contributed by atoms with E-state index in [-0.39, 0.29) is 13.2 Å². The van der Waals surface area contributed by atoms with Gasteiger partial charge in [-0.1, -0.05) is 59.7 Å². The van der Waals surface area contributed by atoms with Crippen molar-refractivity contribution in [2.45, 2.75) is 38.9 Å². The van der Waals surface area contributed by atoms with Gasteiger partial charge in [0.25, 0.3) is 0 Å². The Hall–Kier alpha value is -2.76. The lowest BCUT2D eigenvalue weighted by Gasteiger charge is -2.32. The first-order valence-corrected chi connectivity index (χ1v) is 8.75. The predicted octanol–water partition coefficient (Wildman–Crippen LogP) is 6.09. The van der Waals surface area contributed by atoms with Crippen molar-refractivity contribution >= 4 is 0 Å². The fraction of sp³-hybridized carbons (Fsp3) is 0.273. The van der Waals surface area contributed by atoms with Gasteiger partial charge >= 0.3 is 11.8 Å². The maximum Gasteiger partial charge on any atom is 0.373 e. The van der Waals surface area contributed by atoms with Crippen molar-refractivity contribution in [1.82, 2.24) is 0 Å². The highest BCUT2D eigenvalue weighted by Gasteiger charge is 2.65. The second-order valence-electron chi connectivity index (χ2n) is 6.76. The molecule has 1 aliphatic carbocycles. The minimum atomic E-state index is -4.50. The zero-order valence-corrected chi connectivity index (χ0v) is 15.5. The first-order valence-electron chi connectivity index (χ1n) is 8.75. The molecule has 0 N–H and O–H groups in total. The number of halogens is 4. The molecule has 2 nitrogen and oxygen atoms in total. The molecule has 0 aromatic heterocycles. The number of hydrogen-bond acceptors (Lipinski definition) is 2. The first kappa shape index (κ1) is 20.0. The number of ether oxygens (including phenoxy) is 2. The van der Waals surface area contributed by atoms with E-state index in [1.54, 1.807) is 48.5 Å². The Morgan fingerprint density at radius 2 is 0.929 bits per heavy atom. The van der Waals surface area contributed by atoms with Gasteiger partial charge in [-0.3, -0.25) is 0 Å². The van der Waals surface area contributed by atoms with Crippen LogP contribution in [0.5, 0.6) is 0 Å². The van der Waals surface area contributed by atoms with Crippen molar-refractivity contribution in [2.24, 2.45) is 0 Å². The van der Waals surface area contributed by atoms with Crippen LogP contribution in [-0.4, -0.2) is 11.8 Å². The second-order valence-corrected chi connectivity index (χ2v) is 6.76. The van der Waals surface area contributed by atoms with Gasteiger partial charge in [0.2, 0.25) is 0 Å². The third-order valence-corrected chi connectivity index (χ3v) is 4.43. The van der Waals surface area contributed by atoms with Gasteiger partial charge in [0, 0.05) is 0 Å². The van der Waals surface area contributed by atoms with E-state index in [1.165, 1.54) is 0 Å². The molecule has 3 rings (SSSR count). The van der Waals surface area contributed by atoms with Crippen LogP contribution in [0.4, 0.5) is 17.6 Å². The predicted molar refractivity (Wildman–Crippen MR) is 98.0 cm³/mol. The smallest absolute Gasteiger partial charge is 0.373 e. The van der Waals surface area contributed by atoms with Crippen LogP contribution < -0.4 is 0 Å². The zero-order valence-electron chi connectivity index (χ0n) is 15.5. The molecule has 0 fully saturated rings. The fourth-order valence-corrected chi connectivity index (χ4v) is 2.64. The number of benzene rings is 2. The lowest BCUT2D eigenvalue weighted by atomic mass is 10.0. The van der Waals surface area contributed by atoms with E-state index in [0.29, 0.717) is 11.1 Å². The average Bonchev–Trinajstić information content (AvgIpc) is 2.65. The number of rotatable bonds is 6. The van der Waals surface area contributed by atoms with E-state index in [2.05, 4.69) is 0 Å². The maximum absolute atomic E-state index is 14.4. The van der Waals surface area contributed by atoms with Gasteiger partial charge in [-0.2, -0.15) is 17.6 Å². The van der Waals surface area contributed by atoms with Gasteiger partial charge in [-0.05, 0) is 37.1 Å². The van der Waals surface area contributed by atoms with Crippen LogP contribution in [-0.2, 0) is 22.7 Å². The Morgan fingerprint density at radius 1 is 0.607 bits per heavy atom. The molecule has 0 spiro atoms. The van der Waals surface area contributed by atoms with Gasteiger partial charge in [0.1, 0.15) is 13.2 Å². The summed E-state index contributed by atoms with van der Waals surface area (Å²) in [6.07, 6.45) is 1.69. The molecule has 0 atom stereocenters. The summed E-state index contributed by atoms with van der Waals surface area (Å²) in [7, 11) is 0. The Bertz CT molecular complexity index is 806. The minimum Gasteiger partial charge on any atom is -0.487 e. The Labute approximate surface area is 161 Å². The number of allylic oxidation sites excluding steroid dienone is 4. The molecule has 0 heterocycles. The first-order chi connectivity index (χ1) is 13.2. The molecule has 0 aliphatic heterocycles. The van der Waals surface area contributed by atoms with Crippen molar-refractivity contribution in [2.75, 3.05) is 0 Å². The van der Waals surface area contributed by atoms with E-state index in [9.17, 15) is 17.6 Å². The van der Waals surface area contributed by atoms with Gasteiger partial charge in [-0.15, -0.1) is 0 Å². The monoisotopic (exact) mass is 392 g/mol. The maximum atomic E-state index is 14.4. The molecule has 0 amide bonds. The largest absolute Gasteiger partial charge is 0.487 e. The quantitative estimate of drug-likeness (QED) is 0.554. The Balaban J connectivity index is 1.73. The summed E-state index contributed by atoms with van der Waals surface area (Å²) < 4.78 is 67.5. The molecule has 0 unspecified atom stereocenters. The molecular weight excluding hydrogens is 372 g/mol. The van der Waals surface area contributed by atoms with Crippen molar-refractivity contribution in [3.8, 4) is 0 Å². The van der Waals surface area contributed by atoms with Crippen LogP contribution in [0.25, 0.3) is 0 Å². The van der Waals surface area contributed by atoms with Gasteiger partial charge in [0.05, 0.1) is 0 Å². The fourth-order valence-electron chi connectivity index (χ4n) is 2.64. The van der Waals surface area contributed by atoms with Crippen molar-refractivity contribution in [1.29, 1.82) is 0 Å². The summed E-state index contributed by atoms with van der Waals surface area (Å²) in [6, 6.07) is 13.9. The summed E-state index contributed by atoms with van der Waals surface area (Å²) in [5.41, 5.74) is 3.21. The Morgan fingerprint density at radius 3 is 1.25 bits per heavy atom. The van der Waals surface area contributed by atoms with E-state index in [1.807, 2.05) is 13.8 Å². The van der Waals surface area contributed by atoms with Crippen LogP contribution in [0.1, 0.15) is 22.3 Å². The van der Waals surface area contributed by atoms with Crippen LogP contribution in [0, 0.1) is 13.8 Å². The zero-order chi connectivity index (χ0) is 20.4. The molecule has 6 heteroatoms. The highest BCUT2D eigenvalue weighted by Crippen LogP contribution is 2.48. The summed E-state index contributed by atoms with van der Waals surface area (Å²) in [5, 5.41) is 0. The SMILES string of the molecule is Cc1ccc(COC2=CC=C(OCc3ccc(C)cc3)C(F)(F)C2(F)F)cc1. The molecule has 0 radical (unpaired) electrons.